The molecular formula is C24H29FO6. The number of aryl methyl sites for hydroxylation is 1. The van der Waals surface area contributed by atoms with E-state index in [4.69, 9.17) is 9.47 Å². The van der Waals surface area contributed by atoms with E-state index in [2.05, 4.69) is 0 Å². The molecular weight excluding hydrogens is 403 g/mol. The minimum Gasteiger partial charge on any atom is -0.462 e. The molecule has 7 heteroatoms. The molecule has 3 N–H and O–H groups in total. The van der Waals surface area contributed by atoms with Crippen LogP contribution >= 0.6 is 0 Å². The van der Waals surface area contributed by atoms with Gasteiger partial charge < -0.3 is 29.6 Å². The van der Waals surface area contributed by atoms with Crippen LogP contribution in [0.25, 0.3) is 11.1 Å². The van der Waals surface area contributed by atoms with Gasteiger partial charge in [-0.25, -0.2) is 4.39 Å². The predicted octanol–water partition coefficient (Wildman–Crippen LogP) is 3.00. The summed E-state index contributed by atoms with van der Waals surface area (Å²) in [4.78, 5) is 11.3. The van der Waals surface area contributed by atoms with Gasteiger partial charge in [-0.1, -0.05) is 18.2 Å². The zero-order valence-corrected chi connectivity index (χ0v) is 17.9. The number of ether oxygens (including phenoxy) is 2. The van der Waals surface area contributed by atoms with Crippen LogP contribution in [-0.4, -0.2) is 51.3 Å². The molecule has 0 unspecified atom stereocenters. The lowest BCUT2D eigenvalue weighted by molar-refractivity contribution is -0.301. The second kappa shape index (κ2) is 9.44. The maximum Gasteiger partial charge on any atom is 0.229 e. The number of aliphatic hydroxyl groups excluding tert-OH is 3. The molecule has 0 radical (unpaired) electrons. The molecule has 168 valence electrons. The highest BCUT2D eigenvalue weighted by atomic mass is 19.1. The SMILES string of the molecule is CC(=O)CCCc1ccc(O[C@H]2OC(C)(C)[C@H](O)[C@@H](O)[C@H]2O)cc1-c1cccc(F)c1. The van der Waals surface area contributed by atoms with E-state index in [0.717, 1.165) is 11.1 Å². The van der Waals surface area contributed by atoms with Gasteiger partial charge in [0.25, 0.3) is 0 Å². The lowest BCUT2D eigenvalue weighted by Gasteiger charge is -2.44. The second-order valence-electron chi connectivity index (χ2n) is 8.52. The Morgan fingerprint density at radius 1 is 1.13 bits per heavy atom. The highest BCUT2D eigenvalue weighted by Crippen LogP contribution is 2.34. The van der Waals surface area contributed by atoms with Crippen LogP contribution in [-0.2, 0) is 16.0 Å². The summed E-state index contributed by atoms with van der Waals surface area (Å²) in [7, 11) is 0. The van der Waals surface area contributed by atoms with E-state index in [0.29, 0.717) is 30.6 Å². The summed E-state index contributed by atoms with van der Waals surface area (Å²) in [6.07, 6.45) is -3.59. The Bertz CT molecular complexity index is 928. The van der Waals surface area contributed by atoms with Crippen LogP contribution in [0.3, 0.4) is 0 Å². The van der Waals surface area contributed by atoms with Crippen molar-refractivity contribution in [3.05, 3.63) is 53.8 Å². The van der Waals surface area contributed by atoms with Crippen LogP contribution in [0.4, 0.5) is 4.39 Å². The Balaban J connectivity index is 1.89. The highest BCUT2D eigenvalue weighted by molar-refractivity contribution is 5.75. The zero-order valence-electron chi connectivity index (χ0n) is 17.9. The number of halogens is 1. The van der Waals surface area contributed by atoms with E-state index in [-0.39, 0.29) is 11.6 Å². The van der Waals surface area contributed by atoms with Crippen molar-refractivity contribution in [1.82, 2.24) is 0 Å². The van der Waals surface area contributed by atoms with Crippen molar-refractivity contribution in [3.63, 3.8) is 0 Å². The van der Waals surface area contributed by atoms with Gasteiger partial charge in [0.1, 0.15) is 35.7 Å². The fourth-order valence-electron chi connectivity index (χ4n) is 3.73. The van der Waals surface area contributed by atoms with Gasteiger partial charge in [-0.2, -0.15) is 0 Å². The molecule has 4 atom stereocenters. The second-order valence-corrected chi connectivity index (χ2v) is 8.52. The van der Waals surface area contributed by atoms with E-state index >= 15 is 0 Å². The summed E-state index contributed by atoms with van der Waals surface area (Å²) in [5.41, 5.74) is 1.20. The number of carbonyl (C=O) groups excluding carboxylic acids is 1. The number of ketones is 1. The van der Waals surface area contributed by atoms with E-state index in [1.807, 2.05) is 6.07 Å². The molecule has 3 rings (SSSR count). The Morgan fingerprint density at radius 2 is 1.87 bits per heavy atom. The van der Waals surface area contributed by atoms with Crippen molar-refractivity contribution in [2.24, 2.45) is 0 Å². The number of Topliss-reactive ketones (excluding diaryl/α,β-unsaturated/α-hetero) is 1. The first-order chi connectivity index (χ1) is 14.6. The number of aliphatic hydroxyl groups is 3. The molecule has 2 aromatic rings. The van der Waals surface area contributed by atoms with Gasteiger partial charge in [-0.05, 0) is 74.6 Å². The molecule has 0 aliphatic carbocycles. The quantitative estimate of drug-likeness (QED) is 0.623. The van der Waals surface area contributed by atoms with Crippen LogP contribution in [0, 0.1) is 5.82 Å². The van der Waals surface area contributed by atoms with Gasteiger partial charge >= 0.3 is 0 Å². The molecule has 0 aromatic heterocycles. The third kappa shape index (κ3) is 5.49. The average molecular weight is 432 g/mol. The van der Waals surface area contributed by atoms with Crippen LogP contribution in [0.15, 0.2) is 42.5 Å². The minimum atomic E-state index is -1.45. The van der Waals surface area contributed by atoms with Crippen LogP contribution in [0.2, 0.25) is 0 Å². The predicted molar refractivity (Wildman–Crippen MR) is 113 cm³/mol. The molecule has 6 nitrogen and oxygen atoms in total. The topological polar surface area (TPSA) is 96.2 Å². The third-order valence-corrected chi connectivity index (χ3v) is 5.53. The summed E-state index contributed by atoms with van der Waals surface area (Å²) >= 11 is 0. The van der Waals surface area contributed by atoms with Gasteiger partial charge in [0.05, 0.1) is 5.60 Å². The fraction of sp³-hybridized carbons (Fsp3) is 0.458. The average Bonchev–Trinajstić information content (AvgIpc) is 2.71. The van der Waals surface area contributed by atoms with Gasteiger partial charge in [0, 0.05) is 6.42 Å². The summed E-state index contributed by atoms with van der Waals surface area (Å²) < 4.78 is 25.4. The van der Waals surface area contributed by atoms with Gasteiger partial charge in [-0.3, -0.25) is 0 Å². The number of rotatable bonds is 7. The number of hydrogen-bond acceptors (Lipinski definition) is 6. The number of hydrogen-bond donors (Lipinski definition) is 3. The standard InChI is InChI=1S/C24H29FO6/c1-14(26)6-4-7-15-10-11-18(13-19(15)16-8-5-9-17(25)12-16)30-23-21(28)20(27)22(29)24(2,3)31-23/h5,8-13,20-23,27-29H,4,6-7H2,1-3H3/t20-,21+,22+,23-/m0/s1. The van der Waals surface area contributed by atoms with Gasteiger partial charge in [0.15, 0.2) is 0 Å². The molecule has 1 aliphatic heterocycles. The first-order valence-electron chi connectivity index (χ1n) is 10.4. The zero-order chi connectivity index (χ0) is 22.8. The minimum absolute atomic E-state index is 0.110. The number of carbonyl (C=O) groups is 1. The van der Waals surface area contributed by atoms with Crippen molar-refractivity contribution >= 4 is 5.78 Å². The number of benzene rings is 2. The molecule has 0 bridgehead atoms. The molecule has 1 saturated heterocycles. The van der Waals surface area contributed by atoms with Crippen molar-refractivity contribution < 1.29 is 34.0 Å². The Kier molecular flexibility index (Phi) is 7.11. The molecule has 1 heterocycles. The molecule has 1 aliphatic rings. The Labute approximate surface area is 181 Å². The molecule has 1 fully saturated rings. The van der Waals surface area contributed by atoms with E-state index in [1.165, 1.54) is 12.1 Å². The van der Waals surface area contributed by atoms with Crippen LogP contribution < -0.4 is 4.74 Å². The van der Waals surface area contributed by atoms with Crippen molar-refractivity contribution in [2.75, 3.05) is 0 Å². The van der Waals surface area contributed by atoms with Gasteiger partial charge in [-0.15, -0.1) is 0 Å². The summed E-state index contributed by atoms with van der Waals surface area (Å²) in [5, 5.41) is 30.5. The summed E-state index contributed by atoms with van der Waals surface area (Å²) in [6, 6.07) is 11.4. The van der Waals surface area contributed by atoms with Crippen LogP contribution in [0.1, 0.15) is 39.2 Å². The van der Waals surface area contributed by atoms with Crippen molar-refractivity contribution in [1.29, 1.82) is 0 Å². The molecule has 2 aromatic carbocycles. The van der Waals surface area contributed by atoms with Gasteiger partial charge in [0.2, 0.25) is 6.29 Å². The summed E-state index contributed by atoms with van der Waals surface area (Å²) in [6.45, 7) is 4.74. The third-order valence-electron chi connectivity index (χ3n) is 5.53. The Morgan fingerprint density at radius 3 is 2.55 bits per heavy atom. The highest BCUT2D eigenvalue weighted by Gasteiger charge is 2.49. The molecule has 0 saturated carbocycles. The maximum atomic E-state index is 13.9. The first kappa shape index (κ1) is 23.3. The Hall–Kier alpha value is -2.32. The molecule has 31 heavy (non-hydrogen) atoms. The van der Waals surface area contributed by atoms with E-state index < -0.39 is 30.2 Å². The van der Waals surface area contributed by atoms with Crippen molar-refractivity contribution in [3.8, 4) is 16.9 Å². The van der Waals surface area contributed by atoms with E-state index in [1.54, 1.807) is 45.0 Å². The lowest BCUT2D eigenvalue weighted by Crippen LogP contribution is -2.63. The maximum absolute atomic E-state index is 13.9. The molecule has 0 amide bonds. The summed E-state index contributed by atoms with van der Waals surface area (Å²) in [5.74, 6) is 0.0977. The van der Waals surface area contributed by atoms with Crippen molar-refractivity contribution in [2.45, 2.75) is 70.2 Å². The first-order valence-corrected chi connectivity index (χ1v) is 10.4. The van der Waals surface area contributed by atoms with E-state index in [9.17, 15) is 24.5 Å². The lowest BCUT2D eigenvalue weighted by atomic mass is 9.90. The normalized spacial score (nSPS) is 25.3. The molecule has 0 spiro atoms. The monoisotopic (exact) mass is 432 g/mol. The largest absolute Gasteiger partial charge is 0.462 e. The van der Waals surface area contributed by atoms with Crippen LogP contribution in [0.5, 0.6) is 5.75 Å². The smallest absolute Gasteiger partial charge is 0.229 e. The fourth-order valence-corrected chi connectivity index (χ4v) is 3.73.